The molecule has 2 N–H and O–H groups in total. The maximum atomic E-state index is 15.3. The van der Waals surface area contributed by atoms with Crippen LogP contribution in [0.25, 0.3) is 10.9 Å². The van der Waals surface area contributed by atoms with E-state index >= 15 is 4.39 Å². The Morgan fingerprint density at radius 3 is 2.86 bits per heavy atom. The fraction of sp³-hybridized carbons (Fsp3) is 0.524. The third kappa shape index (κ3) is 2.73. The van der Waals surface area contributed by atoms with Crippen molar-refractivity contribution in [1.82, 2.24) is 9.88 Å². The molecule has 5 rings (SSSR count). The highest BCUT2D eigenvalue weighted by atomic mass is 19.1. The Kier molecular flexibility index (Phi) is 4.10. The van der Waals surface area contributed by atoms with Gasteiger partial charge in [-0.25, -0.2) is 9.18 Å². The average molecular weight is 401 g/mol. The number of carboxylic acids is 1. The van der Waals surface area contributed by atoms with Crippen LogP contribution in [0.3, 0.4) is 0 Å². The molecular formula is C21H24FN3O4. The lowest BCUT2D eigenvalue weighted by atomic mass is 9.91. The van der Waals surface area contributed by atoms with Crippen LogP contribution in [0, 0.1) is 11.7 Å². The summed E-state index contributed by atoms with van der Waals surface area (Å²) in [6, 6.07) is 1.78. The van der Waals surface area contributed by atoms with E-state index < -0.39 is 17.2 Å². The number of carbonyl (C=O) groups is 1. The zero-order chi connectivity index (χ0) is 20.4. The van der Waals surface area contributed by atoms with Gasteiger partial charge >= 0.3 is 5.97 Å². The van der Waals surface area contributed by atoms with E-state index in [-0.39, 0.29) is 23.6 Å². The van der Waals surface area contributed by atoms with E-state index in [9.17, 15) is 14.7 Å². The van der Waals surface area contributed by atoms with E-state index in [0.717, 1.165) is 19.4 Å². The van der Waals surface area contributed by atoms with Gasteiger partial charge < -0.3 is 24.6 Å². The molecule has 7 nitrogen and oxygen atoms in total. The molecule has 4 atom stereocenters. The number of hydrogen-bond acceptors (Lipinski definition) is 5. The van der Waals surface area contributed by atoms with Gasteiger partial charge in [-0.1, -0.05) is 0 Å². The quantitative estimate of drug-likeness (QED) is 0.804. The smallest absolute Gasteiger partial charge is 0.341 e. The third-order valence-electron chi connectivity index (χ3n) is 6.60. The van der Waals surface area contributed by atoms with Crippen molar-refractivity contribution >= 4 is 22.6 Å². The maximum absolute atomic E-state index is 15.3. The first kappa shape index (κ1) is 18.4. The monoisotopic (exact) mass is 401 g/mol. The minimum absolute atomic E-state index is 0.0519. The van der Waals surface area contributed by atoms with E-state index in [1.807, 2.05) is 11.8 Å². The Labute approximate surface area is 167 Å². The number of piperidine rings is 1. The molecule has 0 radical (unpaired) electrons. The highest BCUT2D eigenvalue weighted by molar-refractivity contribution is 5.97. The van der Waals surface area contributed by atoms with Gasteiger partial charge in [-0.05, 0) is 38.7 Å². The Hall–Kier alpha value is -2.61. The summed E-state index contributed by atoms with van der Waals surface area (Å²) in [5, 5.41) is 13.1. The second-order valence-electron chi connectivity index (χ2n) is 8.59. The molecule has 3 aliphatic rings. The number of ether oxygens (including phenoxy) is 1. The number of nitrogens with zero attached hydrogens (tertiary/aromatic N) is 2. The fourth-order valence-electron chi connectivity index (χ4n) is 5.11. The molecule has 0 spiro atoms. The van der Waals surface area contributed by atoms with Gasteiger partial charge in [0, 0.05) is 31.4 Å². The standard InChI is InChI=1S/C21H24FN3O4/c1-10-3-4-12-6-24(8-16(12)23-10)18-15(22)5-13-17-20(18)29-9-11(2)25(17)7-14(19(13)26)21(27)28/h5,7,10-12,16,23H,3-4,6,8-9H2,1-2H3,(H,27,28)/t10?,11?,12-,16-/m1/s1. The fourth-order valence-corrected chi connectivity index (χ4v) is 5.11. The highest BCUT2D eigenvalue weighted by Gasteiger charge is 2.39. The first-order chi connectivity index (χ1) is 13.8. The Balaban J connectivity index is 1.69. The van der Waals surface area contributed by atoms with E-state index in [2.05, 4.69) is 12.2 Å². The molecule has 4 heterocycles. The third-order valence-corrected chi connectivity index (χ3v) is 6.60. The number of rotatable bonds is 2. The molecule has 2 saturated heterocycles. The van der Waals surface area contributed by atoms with Crippen molar-refractivity contribution in [2.45, 2.75) is 44.8 Å². The molecule has 8 heteroatoms. The van der Waals surface area contributed by atoms with Crippen LogP contribution in [0.4, 0.5) is 10.1 Å². The second-order valence-corrected chi connectivity index (χ2v) is 8.59. The van der Waals surface area contributed by atoms with E-state index in [1.54, 1.807) is 4.57 Å². The van der Waals surface area contributed by atoms with Crippen molar-refractivity contribution in [1.29, 1.82) is 0 Å². The summed E-state index contributed by atoms with van der Waals surface area (Å²) in [4.78, 5) is 26.2. The number of aromatic nitrogens is 1. The number of benzene rings is 1. The average Bonchev–Trinajstić information content (AvgIpc) is 3.08. The highest BCUT2D eigenvalue weighted by Crippen LogP contribution is 2.44. The predicted molar refractivity (Wildman–Crippen MR) is 107 cm³/mol. The van der Waals surface area contributed by atoms with Crippen molar-refractivity contribution in [3.63, 3.8) is 0 Å². The maximum Gasteiger partial charge on any atom is 0.341 e. The zero-order valence-corrected chi connectivity index (χ0v) is 16.4. The van der Waals surface area contributed by atoms with E-state index in [4.69, 9.17) is 4.74 Å². The van der Waals surface area contributed by atoms with Crippen LogP contribution in [0.5, 0.6) is 5.75 Å². The van der Waals surface area contributed by atoms with Crippen molar-refractivity contribution in [3.05, 3.63) is 33.9 Å². The molecule has 2 unspecified atom stereocenters. The van der Waals surface area contributed by atoms with Crippen molar-refractivity contribution in [3.8, 4) is 5.75 Å². The lowest BCUT2D eigenvalue weighted by molar-refractivity contribution is 0.0694. The number of aromatic carboxylic acids is 1. The lowest BCUT2D eigenvalue weighted by Gasteiger charge is -2.31. The Morgan fingerprint density at radius 1 is 1.31 bits per heavy atom. The molecule has 0 bridgehead atoms. The van der Waals surface area contributed by atoms with Gasteiger partial charge in [0.05, 0.1) is 16.9 Å². The van der Waals surface area contributed by atoms with Crippen LogP contribution in [0.15, 0.2) is 17.1 Å². The van der Waals surface area contributed by atoms with Crippen molar-refractivity contribution in [2.24, 2.45) is 5.92 Å². The summed E-state index contributed by atoms with van der Waals surface area (Å²) < 4.78 is 23.0. The first-order valence-corrected chi connectivity index (χ1v) is 10.1. The van der Waals surface area contributed by atoms with Gasteiger partial charge in [0.25, 0.3) is 0 Å². The first-order valence-electron chi connectivity index (χ1n) is 10.1. The van der Waals surface area contributed by atoms with Crippen LogP contribution < -0.4 is 20.4 Å². The largest absolute Gasteiger partial charge is 0.487 e. The molecule has 0 amide bonds. The molecular weight excluding hydrogens is 377 g/mol. The number of fused-ring (bicyclic) bond motifs is 1. The summed E-state index contributed by atoms with van der Waals surface area (Å²) in [7, 11) is 0. The summed E-state index contributed by atoms with van der Waals surface area (Å²) in [5.41, 5.74) is -0.177. The molecule has 0 aliphatic carbocycles. The topological polar surface area (TPSA) is 83.8 Å². The SMILES string of the molecule is CC1CC[C@@H]2CN(c3c(F)cc4c(=O)c(C(=O)O)cn5c4c3OCC5C)C[C@H]2N1. The van der Waals surface area contributed by atoms with Gasteiger partial charge in [-0.15, -0.1) is 0 Å². The normalized spacial score (nSPS) is 28.3. The van der Waals surface area contributed by atoms with Gasteiger partial charge in [0.1, 0.15) is 17.9 Å². The van der Waals surface area contributed by atoms with E-state index in [1.165, 1.54) is 12.3 Å². The number of carboxylic acid groups (broad SMARTS) is 1. The van der Waals surface area contributed by atoms with Gasteiger partial charge in [0.15, 0.2) is 11.6 Å². The summed E-state index contributed by atoms with van der Waals surface area (Å²) in [6.07, 6.45) is 3.57. The molecule has 1 aromatic carbocycles. The number of anilines is 1. The van der Waals surface area contributed by atoms with Gasteiger partial charge in [0.2, 0.25) is 5.43 Å². The number of nitrogens with one attached hydrogen (secondary N) is 1. The molecule has 0 saturated carbocycles. The van der Waals surface area contributed by atoms with Crippen molar-refractivity contribution in [2.75, 3.05) is 24.6 Å². The lowest BCUT2D eigenvalue weighted by Crippen LogP contribution is -2.46. The zero-order valence-electron chi connectivity index (χ0n) is 16.4. The molecule has 3 aliphatic heterocycles. The Bertz CT molecular complexity index is 1080. The minimum atomic E-state index is -1.31. The second kappa shape index (κ2) is 6.45. The van der Waals surface area contributed by atoms with E-state index in [0.29, 0.717) is 41.5 Å². The van der Waals surface area contributed by atoms with Crippen molar-refractivity contribution < 1.29 is 19.0 Å². The summed E-state index contributed by atoms with van der Waals surface area (Å²) in [6.45, 7) is 5.76. The van der Waals surface area contributed by atoms with Gasteiger partial charge in [-0.3, -0.25) is 4.79 Å². The van der Waals surface area contributed by atoms with Crippen LogP contribution in [0.2, 0.25) is 0 Å². The number of halogens is 1. The molecule has 154 valence electrons. The minimum Gasteiger partial charge on any atom is -0.487 e. The summed E-state index contributed by atoms with van der Waals surface area (Å²) in [5.74, 6) is -1.06. The van der Waals surface area contributed by atoms with Crippen LogP contribution >= 0.6 is 0 Å². The molecule has 2 aromatic rings. The number of pyridine rings is 1. The van der Waals surface area contributed by atoms with Crippen LogP contribution in [0.1, 0.15) is 43.1 Å². The van der Waals surface area contributed by atoms with Gasteiger partial charge in [-0.2, -0.15) is 0 Å². The molecule has 2 fully saturated rings. The summed E-state index contributed by atoms with van der Waals surface area (Å²) >= 11 is 0. The predicted octanol–water partition coefficient (Wildman–Crippen LogP) is 2.37. The molecule has 1 aromatic heterocycles. The Morgan fingerprint density at radius 2 is 2.10 bits per heavy atom. The van der Waals surface area contributed by atoms with Crippen LogP contribution in [-0.2, 0) is 0 Å². The number of hydrogen-bond donors (Lipinski definition) is 2. The molecule has 29 heavy (non-hydrogen) atoms. The van der Waals surface area contributed by atoms with Crippen LogP contribution in [-0.4, -0.2) is 47.4 Å².